The summed E-state index contributed by atoms with van der Waals surface area (Å²) in [5.41, 5.74) is 4.87. The van der Waals surface area contributed by atoms with Crippen molar-refractivity contribution in [2.45, 2.75) is 16.6 Å². The third-order valence-electron chi connectivity index (χ3n) is 4.77. The van der Waals surface area contributed by atoms with Crippen molar-refractivity contribution in [2.24, 2.45) is 4.99 Å². The van der Waals surface area contributed by atoms with Crippen molar-refractivity contribution in [3.63, 3.8) is 0 Å². The first kappa shape index (κ1) is 15.9. The van der Waals surface area contributed by atoms with Crippen LogP contribution in [0.25, 0.3) is 10.8 Å². The standard InChI is InChI=1S/C23H17NS2/c1-2-6-17-13-18(10-9-16(17)5-1)21-14-23(19-11-12-25-15-19)26-22-8-4-3-7-20(22)24-21/h1-13,15,23H,14H2/t23-/m0/s1. The monoisotopic (exact) mass is 371 g/mol. The van der Waals surface area contributed by atoms with Gasteiger partial charge in [0.2, 0.25) is 0 Å². The molecule has 0 aliphatic carbocycles. The van der Waals surface area contributed by atoms with Crippen molar-refractivity contribution in [3.8, 4) is 0 Å². The van der Waals surface area contributed by atoms with Crippen molar-refractivity contribution >= 4 is 45.3 Å². The molecule has 3 aromatic carbocycles. The van der Waals surface area contributed by atoms with Gasteiger partial charge in [0, 0.05) is 22.3 Å². The maximum atomic E-state index is 5.08. The SMILES string of the molecule is c1ccc2c(c1)N=C(c1ccc3ccccc3c1)C[C@@H](c1ccsc1)S2. The molecule has 0 N–H and O–H groups in total. The van der Waals surface area contributed by atoms with E-state index in [9.17, 15) is 0 Å². The summed E-state index contributed by atoms with van der Waals surface area (Å²) in [6.45, 7) is 0. The number of benzene rings is 3. The van der Waals surface area contributed by atoms with Crippen molar-refractivity contribution in [1.29, 1.82) is 0 Å². The smallest absolute Gasteiger partial charge is 0.0769 e. The van der Waals surface area contributed by atoms with Gasteiger partial charge in [-0.2, -0.15) is 11.3 Å². The molecule has 0 saturated heterocycles. The zero-order valence-electron chi connectivity index (χ0n) is 14.1. The highest BCUT2D eigenvalue weighted by atomic mass is 32.2. The van der Waals surface area contributed by atoms with E-state index in [0.29, 0.717) is 5.25 Å². The van der Waals surface area contributed by atoms with Gasteiger partial charge in [-0.05, 0) is 56.9 Å². The molecule has 0 bridgehead atoms. The van der Waals surface area contributed by atoms with Gasteiger partial charge in [-0.15, -0.1) is 11.8 Å². The normalized spacial score (nSPS) is 16.8. The molecule has 3 heteroatoms. The molecular formula is C23H17NS2. The first-order chi connectivity index (χ1) is 12.9. The van der Waals surface area contributed by atoms with Crippen molar-refractivity contribution in [1.82, 2.24) is 0 Å². The second-order valence-electron chi connectivity index (χ2n) is 6.46. The second kappa shape index (κ2) is 6.75. The topological polar surface area (TPSA) is 12.4 Å². The quantitative estimate of drug-likeness (QED) is 0.361. The first-order valence-corrected chi connectivity index (χ1v) is 10.5. The summed E-state index contributed by atoms with van der Waals surface area (Å²) < 4.78 is 0. The molecule has 1 nitrogen and oxygen atoms in total. The zero-order valence-corrected chi connectivity index (χ0v) is 15.8. The summed E-state index contributed by atoms with van der Waals surface area (Å²) in [6.07, 6.45) is 0.939. The van der Waals surface area contributed by atoms with Crippen LogP contribution in [-0.2, 0) is 0 Å². The van der Waals surface area contributed by atoms with Crippen LogP contribution in [0, 0.1) is 0 Å². The first-order valence-electron chi connectivity index (χ1n) is 8.71. The lowest BCUT2D eigenvalue weighted by atomic mass is 9.99. The van der Waals surface area contributed by atoms with E-state index in [2.05, 4.69) is 83.6 Å². The van der Waals surface area contributed by atoms with Gasteiger partial charge >= 0.3 is 0 Å². The summed E-state index contributed by atoms with van der Waals surface area (Å²) >= 11 is 3.70. The number of thioether (sulfide) groups is 1. The van der Waals surface area contributed by atoms with E-state index in [4.69, 9.17) is 4.99 Å². The van der Waals surface area contributed by atoms with Crippen LogP contribution in [0.5, 0.6) is 0 Å². The van der Waals surface area contributed by atoms with E-state index < -0.39 is 0 Å². The number of fused-ring (bicyclic) bond motifs is 2. The fourth-order valence-corrected chi connectivity index (χ4v) is 5.43. The molecule has 0 fully saturated rings. The Kier molecular flexibility index (Phi) is 4.12. The predicted octanol–water partition coefficient (Wildman–Crippen LogP) is 7.26. The maximum Gasteiger partial charge on any atom is 0.0769 e. The van der Waals surface area contributed by atoms with Crippen LogP contribution in [-0.4, -0.2) is 5.71 Å². The number of aliphatic imine (C=N–C) groups is 1. The number of hydrogen-bond donors (Lipinski definition) is 0. The molecule has 1 atom stereocenters. The summed E-state index contributed by atoms with van der Waals surface area (Å²) in [6, 6.07) is 25.9. The molecule has 0 saturated carbocycles. The molecule has 26 heavy (non-hydrogen) atoms. The lowest BCUT2D eigenvalue weighted by Crippen LogP contribution is -2.04. The van der Waals surface area contributed by atoms with E-state index in [1.807, 2.05) is 11.8 Å². The average Bonchev–Trinajstić information content (AvgIpc) is 3.15. The van der Waals surface area contributed by atoms with Crippen LogP contribution < -0.4 is 0 Å². The van der Waals surface area contributed by atoms with Crippen LogP contribution in [0.1, 0.15) is 22.8 Å². The molecule has 126 valence electrons. The van der Waals surface area contributed by atoms with Gasteiger partial charge in [0.25, 0.3) is 0 Å². The number of nitrogens with zero attached hydrogens (tertiary/aromatic N) is 1. The Morgan fingerprint density at radius 3 is 2.58 bits per heavy atom. The zero-order chi connectivity index (χ0) is 17.3. The minimum absolute atomic E-state index is 0.398. The summed E-state index contributed by atoms with van der Waals surface area (Å²) in [5.74, 6) is 0. The summed E-state index contributed by atoms with van der Waals surface area (Å²) in [7, 11) is 0. The summed E-state index contributed by atoms with van der Waals surface area (Å²) in [4.78, 5) is 6.34. The van der Waals surface area contributed by atoms with E-state index in [1.54, 1.807) is 11.3 Å². The van der Waals surface area contributed by atoms with Crippen molar-refractivity contribution in [3.05, 3.63) is 94.7 Å². The summed E-state index contributed by atoms with van der Waals surface area (Å²) in [5, 5.41) is 7.37. The lowest BCUT2D eigenvalue weighted by Gasteiger charge is -2.14. The van der Waals surface area contributed by atoms with Crippen LogP contribution in [0.15, 0.2) is 93.4 Å². The molecule has 1 aromatic heterocycles. The molecule has 1 aliphatic heterocycles. The van der Waals surface area contributed by atoms with Gasteiger partial charge in [0.15, 0.2) is 0 Å². The van der Waals surface area contributed by atoms with Crippen LogP contribution in [0.2, 0.25) is 0 Å². The van der Waals surface area contributed by atoms with E-state index in [0.717, 1.165) is 12.1 Å². The van der Waals surface area contributed by atoms with Crippen molar-refractivity contribution in [2.75, 3.05) is 0 Å². The Bertz CT molecular complexity index is 1100. The van der Waals surface area contributed by atoms with Crippen LogP contribution in [0.4, 0.5) is 5.69 Å². The Labute approximate surface area is 161 Å². The molecule has 0 spiro atoms. The highest BCUT2D eigenvalue weighted by Crippen LogP contribution is 2.46. The van der Waals surface area contributed by atoms with Gasteiger partial charge in [0.05, 0.1) is 5.69 Å². The number of thiophene rings is 1. The Balaban J connectivity index is 1.64. The highest BCUT2D eigenvalue weighted by Gasteiger charge is 2.22. The van der Waals surface area contributed by atoms with Crippen LogP contribution in [0.3, 0.4) is 0 Å². The third-order valence-corrected chi connectivity index (χ3v) is 6.79. The van der Waals surface area contributed by atoms with Gasteiger partial charge in [-0.3, -0.25) is 4.99 Å². The Hall–Kier alpha value is -2.36. The molecule has 0 radical (unpaired) electrons. The number of rotatable bonds is 2. The predicted molar refractivity (Wildman–Crippen MR) is 114 cm³/mol. The van der Waals surface area contributed by atoms with Gasteiger partial charge in [-0.25, -0.2) is 0 Å². The third kappa shape index (κ3) is 2.98. The fourth-order valence-electron chi connectivity index (χ4n) is 3.41. The van der Waals surface area contributed by atoms with E-state index >= 15 is 0 Å². The number of para-hydroxylation sites is 1. The average molecular weight is 372 g/mol. The molecular weight excluding hydrogens is 354 g/mol. The van der Waals surface area contributed by atoms with Gasteiger partial charge in [-0.1, -0.05) is 48.5 Å². The Morgan fingerprint density at radius 2 is 1.69 bits per heavy atom. The number of hydrogen-bond acceptors (Lipinski definition) is 3. The maximum absolute atomic E-state index is 5.08. The lowest BCUT2D eigenvalue weighted by molar-refractivity contribution is 1.02. The van der Waals surface area contributed by atoms with Gasteiger partial charge in [0.1, 0.15) is 0 Å². The van der Waals surface area contributed by atoms with Gasteiger partial charge < -0.3 is 0 Å². The largest absolute Gasteiger partial charge is 0.252 e. The van der Waals surface area contributed by atoms with Crippen LogP contribution >= 0.6 is 23.1 Å². The van der Waals surface area contributed by atoms with Crippen molar-refractivity contribution < 1.29 is 0 Å². The molecule has 0 unspecified atom stereocenters. The fraction of sp³-hybridized carbons (Fsp3) is 0.0870. The molecule has 4 aromatic rings. The second-order valence-corrected chi connectivity index (χ2v) is 8.48. The van der Waals surface area contributed by atoms with E-state index in [1.165, 1.54) is 32.5 Å². The molecule has 2 heterocycles. The highest BCUT2D eigenvalue weighted by molar-refractivity contribution is 7.99. The Morgan fingerprint density at radius 1 is 0.846 bits per heavy atom. The molecule has 5 rings (SSSR count). The minimum Gasteiger partial charge on any atom is -0.252 e. The minimum atomic E-state index is 0.398. The molecule has 0 amide bonds. The molecule has 1 aliphatic rings. The van der Waals surface area contributed by atoms with E-state index in [-0.39, 0.29) is 0 Å².